The van der Waals surface area contributed by atoms with Gasteiger partial charge in [-0.15, -0.1) is 16.4 Å². The number of morpholine rings is 1. The molecule has 5 heterocycles. The highest BCUT2D eigenvalue weighted by Crippen LogP contribution is 2.34. The molecule has 1 aromatic carbocycles. The number of rotatable bonds is 9. The van der Waals surface area contributed by atoms with Crippen LogP contribution in [0, 0.1) is 0 Å². The molecule has 2 saturated heterocycles. The molecule has 266 valence electrons. The number of thiazole rings is 1. The first kappa shape index (κ1) is 35.1. The summed E-state index contributed by atoms with van der Waals surface area (Å²) in [6, 6.07) is 2.63. The molecule has 0 radical (unpaired) electrons. The molecule has 2 aliphatic heterocycles. The van der Waals surface area contributed by atoms with Gasteiger partial charge in [-0.05, 0) is 24.6 Å². The average Bonchev–Trinajstić information content (AvgIpc) is 3.81. The van der Waals surface area contributed by atoms with Gasteiger partial charge in [0.25, 0.3) is 11.5 Å². The molecule has 50 heavy (non-hydrogen) atoms. The predicted octanol–water partition coefficient (Wildman–Crippen LogP) is 2.14. The number of ether oxygens (including phenoxy) is 1. The largest absolute Gasteiger partial charge is 0.416 e. The number of fused-ring (bicyclic) bond motifs is 1. The number of benzene rings is 1. The van der Waals surface area contributed by atoms with Crippen molar-refractivity contribution in [1.29, 1.82) is 0 Å². The highest BCUT2D eigenvalue weighted by Gasteiger charge is 2.32. The fraction of sp³-hybridized carbons (Fsp3) is 0.433. The smallest absolute Gasteiger partial charge is 0.378 e. The van der Waals surface area contributed by atoms with Gasteiger partial charge in [-0.1, -0.05) is 18.5 Å². The number of alkyl halides is 3. The topological polar surface area (TPSA) is 159 Å². The first-order valence-electron chi connectivity index (χ1n) is 15.7. The molecule has 6 rings (SSSR count). The van der Waals surface area contributed by atoms with E-state index in [1.165, 1.54) is 6.20 Å². The summed E-state index contributed by atoms with van der Waals surface area (Å²) in [7, 11) is 0. The predicted molar refractivity (Wildman–Crippen MR) is 178 cm³/mol. The number of amides is 3. The van der Waals surface area contributed by atoms with Gasteiger partial charge < -0.3 is 34.6 Å². The molecule has 20 heteroatoms. The summed E-state index contributed by atoms with van der Waals surface area (Å²) < 4.78 is 47.7. The van der Waals surface area contributed by atoms with Crippen molar-refractivity contribution in [2.45, 2.75) is 26.1 Å². The van der Waals surface area contributed by atoms with E-state index in [-0.39, 0.29) is 78.3 Å². The molecule has 3 amide bonds. The normalized spacial score (nSPS) is 15.4. The molecule has 0 aliphatic carbocycles. The maximum absolute atomic E-state index is 14.1. The van der Waals surface area contributed by atoms with E-state index in [1.807, 2.05) is 16.7 Å². The Labute approximate surface area is 291 Å². The Morgan fingerprint density at radius 1 is 1.06 bits per heavy atom. The van der Waals surface area contributed by atoms with E-state index in [4.69, 9.17) is 16.3 Å². The third kappa shape index (κ3) is 7.38. The van der Waals surface area contributed by atoms with Crippen LogP contribution >= 0.6 is 22.9 Å². The Kier molecular flexibility index (Phi) is 10.3. The van der Waals surface area contributed by atoms with Gasteiger partial charge in [-0.3, -0.25) is 19.2 Å². The lowest BCUT2D eigenvalue weighted by molar-refractivity contribution is -0.137. The summed E-state index contributed by atoms with van der Waals surface area (Å²) in [5, 5.41) is 11.3. The quantitative estimate of drug-likeness (QED) is 0.261. The number of hydrogen-bond acceptors (Lipinski definition) is 11. The second-order valence-corrected chi connectivity index (χ2v) is 12.7. The van der Waals surface area contributed by atoms with Gasteiger partial charge in [0.15, 0.2) is 5.01 Å². The standard InChI is InChI=1S/C30H32ClF3N10O5S/c1-2-21-24(41-8-6-40(7-9-41)23(46)16-36-25(47)26-35-5-14-50-26)27(48)44-29(38-28(39-44)42-10-12-49-13-11-42)43(21)17-22(45)37-20-4-3-18(15-19(20)31)30(32,33)34/h3-5,14-15H,2,6-13,16-17H2,1H3,(H,36,47)(H,37,45). The lowest BCUT2D eigenvalue weighted by atomic mass is 10.2. The van der Waals surface area contributed by atoms with Gasteiger partial charge in [-0.25, -0.2) is 4.98 Å². The lowest BCUT2D eigenvalue weighted by Crippen LogP contribution is -2.52. The molecular formula is C30H32ClF3N10O5S. The third-order valence-electron chi connectivity index (χ3n) is 8.29. The van der Waals surface area contributed by atoms with Crippen LogP contribution in [-0.4, -0.2) is 106 Å². The first-order chi connectivity index (χ1) is 23.9. The van der Waals surface area contributed by atoms with Crippen LogP contribution in [0.15, 0.2) is 34.6 Å². The van der Waals surface area contributed by atoms with Crippen LogP contribution in [0.4, 0.5) is 30.5 Å². The number of hydrogen-bond donors (Lipinski definition) is 2. The molecular weight excluding hydrogens is 705 g/mol. The Morgan fingerprint density at radius 2 is 1.80 bits per heavy atom. The molecule has 0 saturated carbocycles. The summed E-state index contributed by atoms with van der Waals surface area (Å²) in [5.74, 6) is -0.968. The monoisotopic (exact) mass is 736 g/mol. The number of piperazine rings is 1. The van der Waals surface area contributed by atoms with Crippen molar-refractivity contribution in [2.75, 3.05) is 74.1 Å². The lowest BCUT2D eigenvalue weighted by Gasteiger charge is -2.36. The molecule has 3 aromatic heterocycles. The molecule has 0 unspecified atom stereocenters. The second kappa shape index (κ2) is 14.6. The summed E-state index contributed by atoms with van der Waals surface area (Å²) >= 11 is 7.27. The van der Waals surface area contributed by atoms with Crippen LogP contribution in [0.2, 0.25) is 5.02 Å². The zero-order valence-electron chi connectivity index (χ0n) is 26.7. The van der Waals surface area contributed by atoms with Crippen molar-refractivity contribution in [3.63, 3.8) is 0 Å². The van der Waals surface area contributed by atoms with Gasteiger partial charge in [0.2, 0.25) is 23.5 Å². The number of carbonyl (C=O) groups is 3. The van der Waals surface area contributed by atoms with Crippen molar-refractivity contribution in [3.05, 3.63) is 61.4 Å². The number of anilines is 3. The summed E-state index contributed by atoms with van der Waals surface area (Å²) in [6.07, 6.45) is -2.81. The Morgan fingerprint density at radius 3 is 2.44 bits per heavy atom. The van der Waals surface area contributed by atoms with Crippen molar-refractivity contribution in [2.24, 2.45) is 0 Å². The summed E-state index contributed by atoms with van der Waals surface area (Å²) in [5.41, 5.74) is -0.668. The van der Waals surface area contributed by atoms with Crippen LogP contribution in [0.3, 0.4) is 0 Å². The van der Waals surface area contributed by atoms with Crippen LogP contribution in [0.25, 0.3) is 5.78 Å². The van der Waals surface area contributed by atoms with Gasteiger partial charge in [0, 0.05) is 50.8 Å². The molecule has 0 spiro atoms. The number of nitrogens with zero attached hydrogens (tertiary/aromatic N) is 8. The Bertz CT molecular complexity index is 1950. The van der Waals surface area contributed by atoms with Gasteiger partial charge in [0.1, 0.15) is 12.2 Å². The zero-order valence-corrected chi connectivity index (χ0v) is 28.3. The summed E-state index contributed by atoms with van der Waals surface area (Å²) in [4.78, 5) is 66.6. The molecule has 15 nitrogen and oxygen atoms in total. The zero-order chi connectivity index (χ0) is 35.6. The van der Waals surface area contributed by atoms with E-state index in [0.717, 1.165) is 34.1 Å². The van der Waals surface area contributed by atoms with Crippen molar-refractivity contribution in [3.8, 4) is 0 Å². The Balaban J connectivity index is 1.27. The third-order valence-corrected chi connectivity index (χ3v) is 9.38. The van der Waals surface area contributed by atoms with Crippen LogP contribution < -0.4 is 26.0 Å². The highest BCUT2D eigenvalue weighted by atomic mass is 35.5. The number of nitrogens with one attached hydrogen (secondary N) is 2. The van der Waals surface area contributed by atoms with E-state index in [9.17, 15) is 32.3 Å². The first-order valence-corrected chi connectivity index (χ1v) is 16.9. The molecule has 4 aromatic rings. The van der Waals surface area contributed by atoms with Crippen molar-refractivity contribution in [1.82, 2.24) is 34.4 Å². The molecule has 0 bridgehead atoms. The minimum absolute atomic E-state index is 0.0147. The minimum Gasteiger partial charge on any atom is -0.378 e. The van der Waals surface area contributed by atoms with Crippen molar-refractivity contribution >= 4 is 63.8 Å². The maximum Gasteiger partial charge on any atom is 0.416 e. The number of aromatic nitrogens is 5. The van der Waals surface area contributed by atoms with Gasteiger partial charge in [0.05, 0.1) is 41.7 Å². The van der Waals surface area contributed by atoms with E-state index in [1.54, 1.807) is 14.8 Å². The number of carbonyl (C=O) groups excluding carboxylic acids is 3. The van der Waals surface area contributed by atoms with E-state index in [0.29, 0.717) is 38.4 Å². The van der Waals surface area contributed by atoms with Crippen LogP contribution in [-0.2, 0) is 33.5 Å². The van der Waals surface area contributed by atoms with Crippen LogP contribution in [0.1, 0.15) is 28.0 Å². The molecule has 0 atom stereocenters. The van der Waals surface area contributed by atoms with E-state index in [2.05, 4.69) is 25.7 Å². The van der Waals surface area contributed by atoms with E-state index < -0.39 is 29.1 Å². The van der Waals surface area contributed by atoms with Crippen LogP contribution in [0.5, 0.6) is 0 Å². The maximum atomic E-state index is 14.1. The Hall–Kier alpha value is -4.75. The fourth-order valence-electron chi connectivity index (χ4n) is 5.80. The SMILES string of the molecule is CCc1c(N2CCN(C(=O)CNC(=O)c3nccs3)CC2)c(=O)n2nc(N3CCOCC3)nc2n1CC(=O)Nc1ccc(C(F)(F)F)cc1Cl. The highest BCUT2D eigenvalue weighted by molar-refractivity contribution is 7.11. The number of halogens is 4. The molecule has 2 fully saturated rings. The molecule has 2 aliphatic rings. The molecule has 2 N–H and O–H groups in total. The van der Waals surface area contributed by atoms with Crippen molar-refractivity contribution < 1.29 is 32.3 Å². The second-order valence-electron chi connectivity index (χ2n) is 11.4. The minimum atomic E-state index is -4.61. The fourth-order valence-corrected chi connectivity index (χ4v) is 6.58. The summed E-state index contributed by atoms with van der Waals surface area (Å²) in [6.45, 7) is 4.19. The van der Waals surface area contributed by atoms with E-state index >= 15 is 0 Å². The van der Waals surface area contributed by atoms with Gasteiger partial charge in [-0.2, -0.15) is 22.7 Å². The van der Waals surface area contributed by atoms with Gasteiger partial charge >= 0.3 is 6.18 Å². The average molecular weight is 737 g/mol.